The summed E-state index contributed by atoms with van der Waals surface area (Å²) >= 11 is 1.32. The second-order valence-electron chi connectivity index (χ2n) is 8.41. The number of carbonyl (C=O) groups is 2. The molecule has 3 aromatic heterocycles. The van der Waals surface area contributed by atoms with Gasteiger partial charge in [0.2, 0.25) is 0 Å². The minimum Gasteiger partial charge on any atom is -0.496 e. The van der Waals surface area contributed by atoms with Crippen molar-refractivity contribution in [3.8, 4) is 16.9 Å². The first-order valence-electron chi connectivity index (χ1n) is 11.2. The van der Waals surface area contributed by atoms with E-state index in [2.05, 4.69) is 15.3 Å². The molecule has 0 aliphatic carbocycles. The molecule has 0 saturated carbocycles. The maximum absolute atomic E-state index is 13.2. The van der Waals surface area contributed by atoms with Gasteiger partial charge in [0.1, 0.15) is 11.3 Å². The number of rotatable bonds is 5. The summed E-state index contributed by atoms with van der Waals surface area (Å²) in [6.07, 6.45) is 3.16. The fourth-order valence-electron chi connectivity index (χ4n) is 4.16. The van der Waals surface area contributed by atoms with Gasteiger partial charge in [0.05, 0.1) is 36.3 Å². The Kier molecular flexibility index (Phi) is 6.11. The molecule has 0 bridgehead atoms. The number of benzene rings is 1. The van der Waals surface area contributed by atoms with Crippen molar-refractivity contribution in [2.45, 2.75) is 20.0 Å². The number of anilines is 1. The van der Waals surface area contributed by atoms with Crippen LogP contribution in [0.25, 0.3) is 11.1 Å². The summed E-state index contributed by atoms with van der Waals surface area (Å²) in [5.74, 6) is -0.0147. The van der Waals surface area contributed by atoms with Crippen LogP contribution in [0.2, 0.25) is 0 Å². The van der Waals surface area contributed by atoms with Crippen LogP contribution in [0.5, 0.6) is 5.75 Å². The zero-order valence-corrected chi connectivity index (χ0v) is 20.8. The Hall–Kier alpha value is -4.31. The monoisotopic (exact) mass is 501 g/mol. The molecule has 1 aliphatic rings. The van der Waals surface area contributed by atoms with E-state index in [9.17, 15) is 14.4 Å². The molecule has 36 heavy (non-hydrogen) atoms. The Labute approximate surface area is 211 Å². The number of pyridine rings is 2. The fourth-order valence-corrected chi connectivity index (χ4v) is 5.14. The Morgan fingerprint density at radius 2 is 1.89 bits per heavy atom. The molecule has 0 atom stereocenters. The molecule has 1 N–H and O–H groups in total. The molecule has 0 fully saturated rings. The molecular weight excluding hydrogens is 478 g/mol. The fraction of sp³-hybridized carbons (Fsp3) is 0.192. The number of aromatic nitrogens is 3. The number of carbonyl (C=O) groups excluding carboxylic acids is 2. The molecule has 4 heterocycles. The lowest BCUT2D eigenvalue weighted by Crippen LogP contribution is -2.32. The SMILES string of the molecule is COc1ccccc1-c1cc(C)ncc1C(=O)Nc1nc2c(s1)CN(C(=O)c1cccn(C)c1=O)C2. The third kappa shape index (κ3) is 4.27. The normalized spacial score (nSPS) is 12.4. The van der Waals surface area contributed by atoms with E-state index < -0.39 is 0 Å². The van der Waals surface area contributed by atoms with Gasteiger partial charge in [-0.15, -0.1) is 0 Å². The molecule has 0 saturated heterocycles. The summed E-state index contributed by atoms with van der Waals surface area (Å²) in [5.41, 5.74) is 3.18. The number of hydrogen-bond donors (Lipinski definition) is 1. The van der Waals surface area contributed by atoms with E-state index in [1.165, 1.54) is 22.0 Å². The van der Waals surface area contributed by atoms with E-state index in [1.807, 2.05) is 37.3 Å². The van der Waals surface area contributed by atoms with Gasteiger partial charge in [-0.1, -0.05) is 29.5 Å². The van der Waals surface area contributed by atoms with Crippen LogP contribution in [0.1, 0.15) is 37.0 Å². The van der Waals surface area contributed by atoms with Crippen LogP contribution >= 0.6 is 11.3 Å². The van der Waals surface area contributed by atoms with Gasteiger partial charge in [-0.05, 0) is 31.2 Å². The number of aryl methyl sites for hydroxylation is 2. The molecule has 0 spiro atoms. The Morgan fingerprint density at radius 1 is 1.08 bits per heavy atom. The van der Waals surface area contributed by atoms with Gasteiger partial charge in [-0.3, -0.25) is 24.7 Å². The Balaban J connectivity index is 1.35. The van der Waals surface area contributed by atoms with Gasteiger partial charge in [-0.2, -0.15) is 0 Å². The summed E-state index contributed by atoms with van der Waals surface area (Å²) < 4.78 is 6.87. The number of nitrogens with zero attached hydrogens (tertiary/aromatic N) is 4. The lowest BCUT2D eigenvalue weighted by molar-refractivity contribution is 0.0748. The highest BCUT2D eigenvalue weighted by Crippen LogP contribution is 2.34. The van der Waals surface area contributed by atoms with Crippen molar-refractivity contribution < 1.29 is 14.3 Å². The van der Waals surface area contributed by atoms with Gasteiger partial charge in [0.25, 0.3) is 17.4 Å². The first kappa shape index (κ1) is 23.4. The van der Waals surface area contributed by atoms with E-state index >= 15 is 0 Å². The maximum Gasteiger partial charge on any atom is 0.263 e. The van der Waals surface area contributed by atoms with Crippen LogP contribution < -0.4 is 15.6 Å². The molecule has 5 rings (SSSR count). The molecule has 0 unspecified atom stereocenters. The van der Waals surface area contributed by atoms with Crippen LogP contribution in [0.15, 0.2) is 59.7 Å². The van der Waals surface area contributed by atoms with Crippen LogP contribution in [0, 0.1) is 6.92 Å². The number of methoxy groups -OCH3 is 1. The van der Waals surface area contributed by atoms with E-state index in [-0.39, 0.29) is 29.5 Å². The number of hydrogen-bond acceptors (Lipinski definition) is 7. The third-order valence-corrected chi connectivity index (χ3v) is 7.00. The van der Waals surface area contributed by atoms with Crippen LogP contribution in [0.4, 0.5) is 5.13 Å². The summed E-state index contributed by atoms with van der Waals surface area (Å²) in [5, 5.41) is 3.32. The number of nitrogens with one attached hydrogen (secondary N) is 1. The van der Waals surface area contributed by atoms with E-state index in [0.29, 0.717) is 34.2 Å². The van der Waals surface area contributed by atoms with E-state index in [4.69, 9.17) is 4.74 Å². The molecule has 9 nitrogen and oxygen atoms in total. The molecule has 0 radical (unpaired) electrons. The van der Waals surface area contributed by atoms with Gasteiger partial charge in [0, 0.05) is 36.3 Å². The van der Waals surface area contributed by atoms with Crippen molar-refractivity contribution in [1.29, 1.82) is 0 Å². The van der Waals surface area contributed by atoms with Gasteiger partial charge >= 0.3 is 0 Å². The maximum atomic E-state index is 13.2. The zero-order valence-electron chi connectivity index (χ0n) is 19.9. The highest BCUT2D eigenvalue weighted by atomic mass is 32.1. The predicted octanol–water partition coefficient (Wildman–Crippen LogP) is 3.63. The van der Waals surface area contributed by atoms with Crippen LogP contribution in [0.3, 0.4) is 0 Å². The number of fused-ring (bicyclic) bond motifs is 1. The molecular formula is C26H23N5O4S. The van der Waals surface area contributed by atoms with Gasteiger partial charge in [-0.25, -0.2) is 4.98 Å². The molecule has 1 aromatic carbocycles. The molecule has 10 heteroatoms. The van der Waals surface area contributed by atoms with Crippen molar-refractivity contribution in [3.63, 3.8) is 0 Å². The first-order chi connectivity index (χ1) is 17.4. The lowest BCUT2D eigenvalue weighted by atomic mass is 9.99. The summed E-state index contributed by atoms with van der Waals surface area (Å²) in [4.78, 5) is 49.8. The Bertz CT molecular complexity index is 1530. The minimum atomic E-state index is -0.337. The summed E-state index contributed by atoms with van der Waals surface area (Å²) in [6.45, 7) is 2.47. The Morgan fingerprint density at radius 3 is 2.67 bits per heavy atom. The number of ether oxygens (including phenoxy) is 1. The third-order valence-electron chi connectivity index (χ3n) is 6.00. The summed E-state index contributed by atoms with van der Waals surface area (Å²) in [6, 6.07) is 12.6. The van der Waals surface area contributed by atoms with Gasteiger partial charge in [0.15, 0.2) is 5.13 Å². The topological polar surface area (TPSA) is 106 Å². The van der Waals surface area contributed by atoms with Crippen molar-refractivity contribution in [2.75, 3.05) is 12.4 Å². The van der Waals surface area contributed by atoms with Gasteiger partial charge < -0.3 is 14.2 Å². The second-order valence-corrected chi connectivity index (χ2v) is 9.50. The second kappa shape index (κ2) is 9.38. The standard InChI is InChI=1S/C26H23N5O4S/c1-15-11-18(16-7-4-5-9-21(16)35-3)19(12-27-15)23(32)29-26-28-20-13-31(14-22(20)36-26)25(34)17-8-6-10-30(2)24(17)33/h4-12H,13-14H2,1-3H3,(H,28,29,32). The minimum absolute atomic E-state index is 0.124. The average molecular weight is 502 g/mol. The highest BCUT2D eigenvalue weighted by Gasteiger charge is 2.30. The van der Waals surface area contributed by atoms with Crippen molar-refractivity contribution in [3.05, 3.63) is 92.6 Å². The van der Waals surface area contributed by atoms with Crippen molar-refractivity contribution in [1.82, 2.24) is 19.4 Å². The lowest BCUT2D eigenvalue weighted by Gasteiger charge is -2.15. The summed E-state index contributed by atoms with van der Waals surface area (Å²) in [7, 11) is 3.20. The molecule has 182 valence electrons. The smallest absolute Gasteiger partial charge is 0.263 e. The molecule has 4 aromatic rings. The molecule has 2 amide bonds. The average Bonchev–Trinajstić information content (AvgIpc) is 3.44. The van der Waals surface area contributed by atoms with E-state index in [1.54, 1.807) is 37.5 Å². The highest BCUT2D eigenvalue weighted by molar-refractivity contribution is 7.16. The number of thiazole rings is 1. The van der Waals surface area contributed by atoms with Crippen molar-refractivity contribution in [2.24, 2.45) is 7.05 Å². The van der Waals surface area contributed by atoms with Crippen LogP contribution in [-0.4, -0.2) is 38.4 Å². The largest absolute Gasteiger partial charge is 0.496 e. The number of para-hydroxylation sites is 1. The predicted molar refractivity (Wildman–Crippen MR) is 136 cm³/mol. The zero-order chi connectivity index (χ0) is 25.4. The van der Waals surface area contributed by atoms with Crippen LogP contribution in [-0.2, 0) is 20.1 Å². The molecule has 1 aliphatic heterocycles. The number of amides is 2. The van der Waals surface area contributed by atoms with E-state index in [0.717, 1.165) is 16.1 Å². The van der Waals surface area contributed by atoms with Crippen molar-refractivity contribution >= 4 is 28.3 Å². The first-order valence-corrected chi connectivity index (χ1v) is 12.0. The quantitative estimate of drug-likeness (QED) is 0.448.